The lowest BCUT2D eigenvalue weighted by Gasteiger charge is -2.44. The zero-order valence-corrected chi connectivity index (χ0v) is 24.9. The molecule has 0 saturated heterocycles. The molecule has 228 valence electrons. The van der Waals surface area contributed by atoms with Gasteiger partial charge >= 0.3 is 12.6 Å². The standard InChI is InChI=1S/C34H37F2NO6/c1-5-42-32(39)26-18-37-27(17-28(26)38)24-16-25-22(13-14-29(40-4)31(25)43-33(35)36)11-12-23(24)15-30(37)34(2,3)20-41-19-21-9-7-6-8-10-21/h6-10,13-14,16-18,23,30,33H,5,11-12,15,19-20H2,1-4H3. The fraction of sp³-hybridized carbons (Fsp3) is 0.412. The minimum Gasteiger partial charge on any atom is -0.493 e. The molecule has 2 aliphatic rings. The minimum absolute atomic E-state index is 0.0176. The molecule has 0 spiro atoms. The number of benzene rings is 2. The van der Waals surface area contributed by atoms with Gasteiger partial charge in [0.05, 0.1) is 26.9 Å². The number of hydrogen-bond acceptors (Lipinski definition) is 6. The summed E-state index contributed by atoms with van der Waals surface area (Å²) in [7, 11) is 1.41. The van der Waals surface area contributed by atoms with Crippen molar-refractivity contribution in [2.45, 2.75) is 59.3 Å². The molecule has 1 aliphatic carbocycles. The number of hydrogen-bond donors (Lipinski definition) is 0. The van der Waals surface area contributed by atoms with Crippen molar-refractivity contribution in [2.24, 2.45) is 11.3 Å². The molecule has 0 amide bonds. The highest BCUT2D eigenvalue weighted by Crippen LogP contribution is 2.50. The van der Waals surface area contributed by atoms with Gasteiger partial charge in [-0.15, -0.1) is 0 Å². The quantitative estimate of drug-likeness (QED) is 0.238. The molecule has 7 nitrogen and oxygen atoms in total. The summed E-state index contributed by atoms with van der Waals surface area (Å²) < 4.78 is 50.7. The largest absolute Gasteiger partial charge is 0.493 e. The number of alkyl halides is 2. The number of methoxy groups -OCH3 is 1. The first-order valence-electron chi connectivity index (χ1n) is 14.5. The monoisotopic (exact) mass is 593 g/mol. The number of aryl methyl sites for hydroxylation is 1. The van der Waals surface area contributed by atoms with Crippen LogP contribution >= 0.6 is 0 Å². The van der Waals surface area contributed by atoms with Gasteiger partial charge in [0.25, 0.3) is 0 Å². The second kappa shape index (κ2) is 12.7. The lowest BCUT2D eigenvalue weighted by Crippen LogP contribution is -2.39. The Morgan fingerprint density at radius 3 is 2.60 bits per heavy atom. The molecule has 1 aromatic heterocycles. The number of fused-ring (bicyclic) bond motifs is 4. The first-order valence-corrected chi connectivity index (χ1v) is 14.5. The van der Waals surface area contributed by atoms with Crippen LogP contribution in [0.15, 0.2) is 59.5 Å². The number of allylic oxidation sites excluding steroid dienone is 1. The molecule has 2 unspecified atom stereocenters. The van der Waals surface area contributed by atoms with Crippen LogP contribution in [-0.4, -0.2) is 37.5 Å². The van der Waals surface area contributed by atoms with Crippen LogP contribution in [0.2, 0.25) is 0 Å². The number of halogens is 2. The number of nitrogens with zero attached hydrogens (tertiary/aromatic N) is 1. The van der Waals surface area contributed by atoms with Crippen LogP contribution in [0.25, 0.3) is 11.6 Å². The maximum Gasteiger partial charge on any atom is 0.387 e. The minimum atomic E-state index is -3.03. The van der Waals surface area contributed by atoms with Crippen molar-refractivity contribution in [3.05, 3.63) is 92.9 Å². The third kappa shape index (κ3) is 6.37. The Bertz CT molecular complexity index is 1560. The van der Waals surface area contributed by atoms with Crippen molar-refractivity contribution in [3.8, 4) is 11.5 Å². The van der Waals surface area contributed by atoms with Gasteiger partial charge in [-0.1, -0.05) is 50.2 Å². The molecule has 2 heterocycles. The highest BCUT2D eigenvalue weighted by molar-refractivity contribution is 5.91. The Hall–Kier alpha value is -3.98. The van der Waals surface area contributed by atoms with Gasteiger partial charge < -0.3 is 23.5 Å². The van der Waals surface area contributed by atoms with Crippen molar-refractivity contribution in [1.82, 2.24) is 4.57 Å². The lowest BCUT2D eigenvalue weighted by molar-refractivity contribution is -0.0514. The van der Waals surface area contributed by atoms with Crippen LogP contribution < -0.4 is 14.9 Å². The smallest absolute Gasteiger partial charge is 0.387 e. The normalized spacial score (nSPS) is 17.7. The molecule has 2 aromatic carbocycles. The Kier molecular flexibility index (Phi) is 9.01. The fourth-order valence-electron chi connectivity index (χ4n) is 6.24. The van der Waals surface area contributed by atoms with E-state index in [1.165, 1.54) is 13.2 Å². The van der Waals surface area contributed by atoms with Crippen LogP contribution in [0, 0.1) is 11.3 Å². The van der Waals surface area contributed by atoms with Crippen molar-refractivity contribution in [3.63, 3.8) is 0 Å². The molecule has 0 fully saturated rings. The summed E-state index contributed by atoms with van der Waals surface area (Å²) in [4.78, 5) is 26.1. The molecule has 0 radical (unpaired) electrons. The maximum atomic E-state index is 13.5. The van der Waals surface area contributed by atoms with Gasteiger partial charge in [-0.2, -0.15) is 8.78 Å². The van der Waals surface area contributed by atoms with Gasteiger partial charge in [0.15, 0.2) is 16.9 Å². The first kappa shape index (κ1) is 30.5. The third-order valence-corrected chi connectivity index (χ3v) is 8.38. The number of pyridine rings is 1. The highest BCUT2D eigenvalue weighted by atomic mass is 19.3. The first-order chi connectivity index (χ1) is 20.6. The molecule has 0 N–H and O–H groups in total. The summed E-state index contributed by atoms with van der Waals surface area (Å²) in [6.07, 6.45) is 5.50. The fourth-order valence-corrected chi connectivity index (χ4v) is 6.24. The predicted octanol–water partition coefficient (Wildman–Crippen LogP) is 6.93. The van der Waals surface area contributed by atoms with E-state index in [-0.39, 0.29) is 35.6 Å². The van der Waals surface area contributed by atoms with Crippen LogP contribution in [-0.2, 0) is 22.5 Å². The highest BCUT2D eigenvalue weighted by Gasteiger charge is 2.41. The number of carbonyl (C=O) groups is 1. The summed E-state index contributed by atoms with van der Waals surface area (Å²) in [6.45, 7) is 3.93. The molecule has 5 rings (SSSR count). The summed E-state index contributed by atoms with van der Waals surface area (Å²) in [6, 6.07) is 14.8. The summed E-state index contributed by atoms with van der Waals surface area (Å²) in [5, 5.41) is 0. The Morgan fingerprint density at radius 1 is 1.14 bits per heavy atom. The van der Waals surface area contributed by atoms with Gasteiger partial charge in [-0.3, -0.25) is 4.79 Å². The molecular formula is C34H37F2NO6. The zero-order chi connectivity index (χ0) is 30.7. The summed E-state index contributed by atoms with van der Waals surface area (Å²) in [5.41, 5.74) is 2.99. The number of esters is 1. The van der Waals surface area contributed by atoms with E-state index in [0.717, 1.165) is 23.1 Å². The second-order valence-electron chi connectivity index (χ2n) is 11.7. The van der Waals surface area contributed by atoms with Gasteiger partial charge in [-0.05, 0) is 60.9 Å². The molecule has 3 aromatic rings. The molecule has 2 atom stereocenters. The molecule has 9 heteroatoms. The summed E-state index contributed by atoms with van der Waals surface area (Å²) >= 11 is 0. The van der Waals surface area contributed by atoms with Crippen molar-refractivity contribution >= 4 is 17.6 Å². The van der Waals surface area contributed by atoms with Gasteiger partial charge in [0, 0.05) is 35.0 Å². The van der Waals surface area contributed by atoms with Crippen LogP contribution in [0.3, 0.4) is 0 Å². The Morgan fingerprint density at radius 2 is 1.91 bits per heavy atom. The molecule has 0 saturated carbocycles. The Balaban J connectivity index is 1.61. The number of carbonyl (C=O) groups excluding carboxylic acids is 1. The molecule has 43 heavy (non-hydrogen) atoms. The van der Waals surface area contributed by atoms with Gasteiger partial charge in [-0.25, -0.2) is 4.79 Å². The van der Waals surface area contributed by atoms with Crippen LogP contribution in [0.4, 0.5) is 8.78 Å². The zero-order valence-electron chi connectivity index (χ0n) is 24.9. The van der Waals surface area contributed by atoms with Crippen LogP contribution in [0.1, 0.15) is 72.4 Å². The van der Waals surface area contributed by atoms with Crippen molar-refractivity contribution < 1.29 is 32.5 Å². The number of rotatable bonds is 10. The average Bonchev–Trinajstić information content (AvgIpc) is 3.17. The van der Waals surface area contributed by atoms with Gasteiger partial charge in [0.1, 0.15) is 5.56 Å². The number of aromatic nitrogens is 1. The molecular weight excluding hydrogens is 556 g/mol. The third-order valence-electron chi connectivity index (χ3n) is 8.38. The number of ether oxygens (including phenoxy) is 4. The van der Waals surface area contributed by atoms with Gasteiger partial charge in [0.2, 0.25) is 0 Å². The van der Waals surface area contributed by atoms with E-state index in [4.69, 9.17) is 18.9 Å². The van der Waals surface area contributed by atoms with E-state index in [2.05, 4.69) is 13.8 Å². The second-order valence-corrected chi connectivity index (χ2v) is 11.7. The molecule has 0 bridgehead atoms. The van der Waals surface area contributed by atoms with Crippen molar-refractivity contribution in [2.75, 3.05) is 20.3 Å². The lowest BCUT2D eigenvalue weighted by atomic mass is 9.73. The van der Waals surface area contributed by atoms with E-state index in [0.29, 0.717) is 37.3 Å². The van der Waals surface area contributed by atoms with E-state index < -0.39 is 23.4 Å². The topological polar surface area (TPSA) is 76.0 Å². The summed E-state index contributed by atoms with van der Waals surface area (Å²) in [5.74, 6) is -0.491. The van der Waals surface area contributed by atoms with E-state index in [1.54, 1.807) is 19.2 Å². The van der Waals surface area contributed by atoms with E-state index in [9.17, 15) is 18.4 Å². The predicted molar refractivity (Wildman–Crippen MR) is 159 cm³/mol. The van der Waals surface area contributed by atoms with Crippen LogP contribution in [0.5, 0.6) is 11.5 Å². The SMILES string of the molecule is CCOC(=O)c1cn2c(cc1=O)C1=Cc3c(ccc(OC)c3OC(F)F)CCC1CC2C(C)(C)COCc1ccccc1. The maximum absolute atomic E-state index is 13.5. The van der Waals surface area contributed by atoms with Crippen molar-refractivity contribution in [1.29, 1.82) is 0 Å². The molecule has 1 aliphatic heterocycles. The average molecular weight is 594 g/mol. The Labute approximate surface area is 250 Å². The van der Waals surface area contributed by atoms with E-state index in [1.807, 2.05) is 47.0 Å². The van der Waals surface area contributed by atoms with E-state index >= 15 is 0 Å².